The molecule has 9 nitrogen and oxygen atoms in total. The predicted molar refractivity (Wildman–Crippen MR) is 158 cm³/mol. The van der Waals surface area contributed by atoms with E-state index in [4.69, 9.17) is 14.6 Å². The maximum atomic E-state index is 12.0. The molecule has 3 aromatic rings. The fraction of sp³-hybridized carbons (Fsp3) is 0.424. The summed E-state index contributed by atoms with van der Waals surface area (Å²) in [6.45, 7) is 4.08. The van der Waals surface area contributed by atoms with Crippen molar-refractivity contribution in [1.29, 1.82) is 0 Å². The van der Waals surface area contributed by atoms with Crippen molar-refractivity contribution >= 4 is 11.9 Å². The molecular weight excluding hydrogens is 534 g/mol. The van der Waals surface area contributed by atoms with Crippen LogP contribution in [0.4, 0.5) is 0 Å². The number of amides is 1. The molecule has 2 heterocycles. The molecule has 1 aliphatic rings. The van der Waals surface area contributed by atoms with Gasteiger partial charge in [-0.2, -0.15) is 0 Å². The highest BCUT2D eigenvalue weighted by molar-refractivity contribution is 5.76. The molecular formula is C33H41N3O6. The molecule has 0 bridgehead atoms. The van der Waals surface area contributed by atoms with E-state index in [-0.39, 0.29) is 43.5 Å². The number of carboxylic acid groups (broad SMARTS) is 1. The lowest BCUT2D eigenvalue weighted by Gasteiger charge is -2.42. The number of carbonyl (C=O) groups excluding carboxylic acids is 1. The van der Waals surface area contributed by atoms with E-state index in [1.54, 1.807) is 0 Å². The highest BCUT2D eigenvalue weighted by Crippen LogP contribution is 2.41. The molecule has 4 atom stereocenters. The lowest BCUT2D eigenvalue weighted by atomic mass is 9.90. The van der Waals surface area contributed by atoms with E-state index >= 15 is 0 Å². The van der Waals surface area contributed by atoms with Crippen molar-refractivity contribution in [2.24, 2.45) is 5.92 Å². The first kappa shape index (κ1) is 31.3. The Morgan fingerprint density at radius 2 is 1.67 bits per heavy atom. The number of ether oxygens (including phenoxy) is 2. The van der Waals surface area contributed by atoms with Gasteiger partial charge in [-0.15, -0.1) is 0 Å². The molecule has 0 unspecified atom stereocenters. The second-order valence-electron chi connectivity index (χ2n) is 10.9. The topological polar surface area (TPSA) is 121 Å². The molecule has 0 spiro atoms. The fourth-order valence-electron chi connectivity index (χ4n) is 5.06. The summed E-state index contributed by atoms with van der Waals surface area (Å²) in [4.78, 5) is 29.4. The van der Waals surface area contributed by atoms with Crippen molar-refractivity contribution in [3.63, 3.8) is 0 Å². The maximum absolute atomic E-state index is 12.0. The van der Waals surface area contributed by atoms with Crippen LogP contribution in [0.25, 0.3) is 0 Å². The van der Waals surface area contributed by atoms with Crippen LogP contribution in [-0.4, -0.2) is 58.2 Å². The van der Waals surface area contributed by atoms with E-state index < -0.39 is 12.3 Å². The number of likely N-dealkylation sites (N-methyl/N-ethyl adjacent to an activating group) is 1. The number of aliphatic hydroxyl groups is 1. The molecule has 0 radical (unpaired) electrons. The summed E-state index contributed by atoms with van der Waals surface area (Å²) in [6, 6.07) is 21.6. The lowest BCUT2D eigenvalue weighted by Crippen LogP contribution is -2.43. The first-order valence-corrected chi connectivity index (χ1v) is 14.5. The molecule has 3 N–H and O–H groups in total. The Kier molecular flexibility index (Phi) is 11.6. The monoisotopic (exact) mass is 575 g/mol. The molecule has 0 aliphatic carbocycles. The minimum absolute atomic E-state index is 0.00801. The molecule has 9 heteroatoms. The Morgan fingerprint density at radius 3 is 2.33 bits per heavy atom. The Balaban J connectivity index is 1.43. The zero-order valence-corrected chi connectivity index (χ0v) is 24.3. The van der Waals surface area contributed by atoms with Crippen LogP contribution in [0.1, 0.15) is 66.5 Å². The number of hydrogen-bond donors (Lipinski definition) is 3. The van der Waals surface area contributed by atoms with Gasteiger partial charge in [0.25, 0.3) is 0 Å². The van der Waals surface area contributed by atoms with Crippen LogP contribution in [0.15, 0.2) is 72.9 Å². The van der Waals surface area contributed by atoms with Crippen LogP contribution in [0, 0.1) is 5.92 Å². The summed E-state index contributed by atoms with van der Waals surface area (Å²) in [5, 5.41) is 21.1. The third kappa shape index (κ3) is 9.19. The smallest absolute Gasteiger partial charge is 0.303 e. The van der Waals surface area contributed by atoms with Crippen molar-refractivity contribution < 1.29 is 29.3 Å². The second-order valence-corrected chi connectivity index (χ2v) is 10.9. The van der Waals surface area contributed by atoms with Gasteiger partial charge < -0.3 is 29.9 Å². The van der Waals surface area contributed by atoms with Crippen molar-refractivity contribution in [3.05, 3.63) is 101 Å². The van der Waals surface area contributed by atoms with Gasteiger partial charge in [0, 0.05) is 62.3 Å². The number of aliphatic hydroxyl groups excluding tert-OH is 1. The lowest BCUT2D eigenvalue weighted by molar-refractivity contribution is -0.275. The zero-order valence-electron chi connectivity index (χ0n) is 24.3. The number of pyridine rings is 1. The van der Waals surface area contributed by atoms with Gasteiger partial charge >= 0.3 is 5.97 Å². The molecule has 4 rings (SSSR count). The van der Waals surface area contributed by atoms with Crippen molar-refractivity contribution in [1.82, 2.24) is 15.2 Å². The number of carbonyl (C=O) groups is 2. The van der Waals surface area contributed by atoms with Gasteiger partial charge in [-0.05, 0) is 42.3 Å². The number of rotatable bonds is 14. The molecule has 1 saturated heterocycles. The summed E-state index contributed by atoms with van der Waals surface area (Å²) in [6.07, 6.45) is 2.29. The number of nitrogens with zero attached hydrogens (tertiary/aromatic N) is 2. The molecule has 1 amide bonds. The van der Waals surface area contributed by atoms with E-state index in [9.17, 15) is 14.7 Å². The Hall–Kier alpha value is -3.63. The molecule has 0 saturated carbocycles. The van der Waals surface area contributed by atoms with E-state index in [1.165, 1.54) is 0 Å². The van der Waals surface area contributed by atoms with Crippen LogP contribution >= 0.6 is 0 Å². The first-order chi connectivity index (χ1) is 20.3. The molecule has 2 aromatic carbocycles. The van der Waals surface area contributed by atoms with Gasteiger partial charge in [-0.3, -0.25) is 14.6 Å². The zero-order chi connectivity index (χ0) is 29.9. The first-order valence-electron chi connectivity index (χ1n) is 14.5. The third-order valence-electron chi connectivity index (χ3n) is 7.63. The highest BCUT2D eigenvalue weighted by Gasteiger charge is 2.38. The van der Waals surface area contributed by atoms with Crippen LogP contribution in [0.5, 0.6) is 0 Å². The third-order valence-corrected chi connectivity index (χ3v) is 7.63. The van der Waals surface area contributed by atoms with Gasteiger partial charge in [0.1, 0.15) is 0 Å². The van der Waals surface area contributed by atoms with Gasteiger partial charge in [0.15, 0.2) is 6.29 Å². The van der Waals surface area contributed by atoms with Gasteiger partial charge in [0.05, 0.1) is 18.8 Å². The van der Waals surface area contributed by atoms with Gasteiger partial charge in [0.2, 0.25) is 5.91 Å². The van der Waals surface area contributed by atoms with Crippen molar-refractivity contribution in [3.8, 4) is 0 Å². The normalized spacial score (nSPS) is 20.4. The van der Waals surface area contributed by atoms with E-state index in [1.807, 2.05) is 72.9 Å². The average Bonchev–Trinajstić information content (AvgIpc) is 3.00. The SMILES string of the molecule is C[C@@H]1[C@H](CN(C)CCc2ccccn2)O[C@H](c2ccc(CNC(=O)CCCC(=O)O)cc2)O[C@@H]1c1ccc(CO)cc1. The van der Waals surface area contributed by atoms with Crippen LogP contribution in [0.3, 0.4) is 0 Å². The summed E-state index contributed by atoms with van der Waals surface area (Å²) >= 11 is 0. The number of nitrogens with one attached hydrogen (secondary N) is 1. The van der Waals surface area contributed by atoms with Gasteiger partial charge in [-0.25, -0.2) is 0 Å². The van der Waals surface area contributed by atoms with E-state index in [0.717, 1.165) is 47.5 Å². The number of aliphatic carboxylic acids is 1. The number of carboxylic acids is 1. The highest BCUT2D eigenvalue weighted by atomic mass is 16.7. The number of hydrogen-bond acceptors (Lipinski definition) is 7. The molecule has 42 heavy (non-hydrogen) atoms. The Bertz CT molecular complexity index is 1270. The minimum atomic E-state index is -0.900. The molecule has 1 aliphatic heterocycles. The largest absolute Gasteiger partial charge is 0.481 e. The Morgan fingerprint density at radius 1 is 0.952 bits per heavy atom. The number of benzene rings is 2. The fourth-order valence-corrected chi connectivity index (χ4v) is 5.06. The molecule has 1 aromatic heterocycles. The second kappa shape index (κ2) is 15.6. The van der Waals surface area contributed by atoms with E-state index in [0.29, 0.717) is 13.0 Å². The van der Waals surface area contributed by atoms with E-state index in [2.05, 4.69) is 29.2 Å². The van der Waals surface area contributed by atoms with Crippen LogP contribution in [-0.2, 0) is 38.6 Å². The molecule has 224 valence electrons. The predicted octanol–water partition coefficient (Wildman–Crippen LogP) is 4.41. The standard InChI is InChI=1S/C33H41N3O6/c1-23-29(21-36(2)19-17-28-6-3-4-18-34-28)41-33(42-32(23)26-13-11-25(22-37)12-14-26)27-15-9-24(10-16-27)20-35-30(38)7-5-8-31(39)40/h3-4,6,9-16,18,23,29,32-33,37H,5,7-8,17,19-22H2,1-2H3,(H,35,38)(H,39,40)/t23-,29+,32+,33+/m1/s1. The van der Waals surface area contributed by atoms with Crippen molar-refractivity contribution in [2.75, 3.05) is 20.1 Å². The maximum Gasteiger partial charge on any atom is 0.303 e. The van der Waals surface area contributed by atoms with Crippen LogP contribution < -0.4 is 5.32 Å². The number of aromatic nitrogens is 1. The quantitative estimate of drug-likeness (QED) is 0.259. The summed E-state index contributed by atoms with van der Waals surface area (Å²) in [5.41, 5.74) is 4.76. The molecule has 1 fully saturated rings. The summed E-state index contributed by atoms with van der Waals surface area (Å²) in [5.74, 6) is -0.991. The minimum Gasteiger partial charge on any atom is -0.481 e. The van der Waals surface area contributed by atoms with Crippen molar-refractivity contribution in [2.45, 2.75) is 64.3 Å². The summed E-state index contributed by atoms with van der Waals surface area (Å²) < 4.78 is 13.1. The van der Waals surface area contributed by atoms with Crippen LogP contribution in [0.2, 0.25) is 0 Å². The van der Waals surface area contributed by atoms with Gasteiger partial charge in [-0.1, -0.05) is 61.5 Å². The summed E-state index contributed by atoms with van der Waals surface area (Å²) in [7, 11) is 2.10. The average molecular weight is 576 g/mol. The Labute approximate surface area is 247 Å².